The van der Waals surface area contributed by atoms with Crippen molar-refractivity contribution in [3.05, 3.63) is 65.7 Å². The third kappa shape index (κ3) is 4.09. The molecule has 1 unspecified atom stereocenters. The van der Waals surface area contributed by atoms with Crippen LogP contribution < -0.4 is 10.9 Å². The summed E-state index contributed by atoms with van der Waals surface area (Å²) in [7, 11) is 0. The first kappa shape index (κ1) is 16.0. The molecule has 4 heteroatoms. The molecule has 0 aliphatic rings. The van der Waals surface area contributed by atoms with E-state index in [4.69, 9.17) is 0 Å². The molecule has 2 rings (SSSR count). The Hall–Kier alpha value is -2.33. The minimum absolute atomic E-state index is 0.0886. The molecule has 0 bridgehead atoms. The number of amides is 1. The van der Waals surface area contributed by atoms with Crippen molar-refractivity contribution < 1.29 is 9.90 Å². The van der Waals surface area contributed by atoms with Gasteiger partial charge in [-0.25, -0.2) is 0 Å². The minimum atomic E-state index is -1.19. The lowest BCUT2D eigenvalue weighted by Gasteiger charge is -2.19. The monoisotopic (exact) mass is 298 g/mol. The minimum Gasteiger partial charge on any atom is -0.378 e. The number of aliphatic hydroxyl groups is 1. The molecule has 0 heterocycles. The standard InChI is InChI=1S/C18H22N2O2/c1-18(2,3)14-9-11-15(12-10-14)19-20-17(22)16(21)13-7-5-4-6-8-13/h4-12,16,19,21H,1-3H3,(H,20,22). The van der Waals surface area contributed by atoms with E-state index in [1.54, 1.807) is 24.3 Å². The van der Waals surface area contributed by atoms with Crippen LogP contribution in [0.4, 0.5) is 5.69 Å². The van der Waals surface area contributed by atoms with Gasteiger partial charge in [0.1, 0.15) is 0 Å². The molecule has 2 aromatic rings. The number of rotatable bonds is 4. The number of hydrogen-bond donors (Lipinski definition) is 3. The smallest absolute Gasteiger partial charge is 0.271 e. The van der Waals surface area contributed by atoms with Gasteiger partial charge in [0.15, 0.2) is 6.10 Å². The van der Waals surface area contributed by atoms with Gasteiger partial charge in [-0.1, -0.05) is 63.2 Å². The molecule has 116 valence electrons. The van der Waals surface area contributed by atoms with E-state index in [0.717, 1.165) is 5.69 Å². The average Bonchev–Trinajstić information content (AvgIpc) is 2.52. The van der Waals surface area contributed by atoms with Gasteiger partial charge in [0.05, 0.1) is 5.69 Å². The van der Waals surface area contributed by atoms with E-state index in [-0.39, 0.29) is 5.41 Å². The van der Waals surface area contributed by atoms with Crippen LogP contribution in [0, 0.1) is 0 Å². The van der Waals surface area contributed by atoms with Crippen molar-refractivity contribution in [1.29, 1.82) is 0 Å². The fourth-order valence-electron chi connectivity index (χ4n) is 2.04. The summed E-state index contributed by atoms with van der Waals surface area (Å²) in [6, 6.07) is 16.7. The second-order valence-electron chi connectivity index (χ2n) is 6.25. The van der Waals surface area contributed by atoms with Crippen molar-refractivity contribution in [2.75, 3.05) is 5.43 Å². The second-order valence-corrected chi connectivity index (χ2v) is 6.25. The quantitative estimate of drug-likeness (QED) is 0.760. The molecule has 0 fully saturated rings. The molecule has 0 aliphatic carbocycles. The number of aliphatic hydroxyl groups excluding tert-OH is 1. The number of carbonyl (C=O) groups excluding carboxylic acids is 1. The van der Waals surface area contributed by atoms with Crippen molar-refractivity contribution in [2.45, 2.75) is 32.3 Å². The zero-order chi connectivity index (χ0) is 16.2. The molecule has 2 aromatic carbocycles. The summed E-state index contributed by atoms with van der Waals surface area (Å²) < 4.78 is 0. The van der Waals surface area contributed by atoms with Crippen molar-refractivity contribution in [3.8, 4) is 0 Å². The summed E-state index contributed by atoms with van der Waals surface area (Å²) in [6.07, 6.45) is -1.19. The van der Waals surface area contributed by atoms with Gasteiger partial charge in [-0.15, -0.1) is 0 Å². The van der Waals surface area contributed by atoms with Gasteiger partial charge in [-0.05, 0) is 28.7 Å². The highest BCUT2D eigenvalue weighted by Gasteiger charge is 2.17. The molecule has 0 aromatic heterocycles. The molecule has 4 nitrogen and oxygen atoms in total. The number of nitrogens with one attached hydrogen (secondary N) is 2. The van der Waals surface area contributed by atoms with E-state index in [2.05, 4.69) is 31.6 Å². The Labute approximate surface area is 131 Å². The molecule has 0 aliphatic heterocycles. The predicted octanol–water partition coefficient (Wildman–Crippen LogP) is 3.16. The van der Waals surface area contributed by atoms with Crippen LogP contribution in [0.25, 0.3) is 0 Å². The second kappa shape index (κ2) is 6.62. The first-order valence-electron chi connectivity index (χ1n) is 7.27. The summed E-state index contributed by atoms with van der Waals surface area (Å²) >= 11 is 0. The van der Waals surface area contributed by atoms with Gasteiger partial charge in [0.2, 0.25) is 0 Å². The maximum Gasteiger partial charge on any atom is 0.271 e. The lowest BCUT2D eigenvalue weighted by Crippen LogP contribution is -2.33. The predicted molar refractivity (Wildman–Crippen MR) is 88.3 cm³/mol. The zero-order valence-corrected chi connectivity index (χ0v) is 13.1. The highest BCUT2D eigenvalue weighted by Crippen LogP contribution is 2.23. The molecule has 3 N–H and O–H groups in total. The number of anilines is 1. The first-order chi connectivity index (χ1) is 10.4. The van der Waals surface area contributed by atoms with Gasteiger partial charge in [-0.3, -0.25) is 15.6 Å². The van der Waals surface area contributed by atoms with Crippen molar-refractivity contribution in [1.82, 2.24) is 5.43 Å². The van der Waals surface area contributed by atoms with Gasteiger partial charge in [-0.2, -0.15) is 0 Å². The third-order valence-electron chi connectivity index (χ3n) is 3.44. The molecule has 0 radical (unpaired) electrons. The lowest BCUT2D eigenvalue weighted by molar-refractivity contribution is -0.129. The van der Waals surface area contributed by atoms with Crippen LogP contribution in [-0.4, -0.2) is 11.0 Å². The summed E-state index contributed by atoms with van der Waals surface area (Å²) in [5.41, 5.74) is 7.96. The van der Waals surface area contributed by atoms with Crippen LogP contribution in [0.15, 0.2) is 54.6 Å². The number of hydrazine groups is 1. The molecule has 1 amide bonds. The maximum atomic E-state index is 11.9. The Balaban J connectivity index is 1.94. The van der Waals surface area contributed by atoms with Crippen LogP contribution in [-0.2, 0) is 10.2 Å². The molecular formula is C18H22N2O2. The molecule has 0 saturated carbocycles. The van der Waals surface area contributed by atoms with Crippen LogP contribution >= 0.6 is 0 Å². The first-order valence-corrected chi connectivity index (χ1v) is 7.27. The molecule has 1 atom stereocenters. The highest BCUT2D eigenvalue weighted by atomic mass is 16.3. The van der Waals surface area contributed by atoms with Crippen molar-refractivity contribution >= 4 is 11.6 Å². The Morgan fingerprint density at radius 3 is 2.14 bits per heavy atom. The zero-order valence-electron chi connectivity index (χ0n) is 13.1. The van der Waals surface area contributed by atoms with Gasteiger partial charge in [0.25, 0.3) is 5.91 Å². The Morgan fingerprint density at radius 1 is 1.00 bits per heavy atom. The average molecular weight is 298 g/mol. The Bertz CT molecular complexity index is 616. The van der Waals surface area contributed by atoms with Crippen LogP contribution in [0.5, 0.6) is 0 Å². The molecular weight excluding hydrogens is 276 g/mol. The fourth-order valence-corrected chi connectivity index (χ4v) is 2.04. The van der Waals surface area contributed by atoms with E-state index in [9.17, 15) is 9.90 Å². The summed E-state index contributed by atoms with van der Waals surface area (Å²) in [4.78, 5) is 11.9. The highest BCUT2D eigenvalue weighted by molar-refractivity contribution is 5.83. The maximum absolute atomic E-state index is 11.9. The SMILES string of the molecule is CC(C)(C)c1ccc(NNC(=O)C(O)c2ccccc2)cc1. The van der Waals surface area contributed by atoms with Gasteiger partial charge < -0.3 is 5.11 Å². The Morgan fingerprint density at radius 2 is 1.59 bits per heavy atom. The molecule has 0 spiro atoms. The summed E-state index contributed by atoms with van der Waals surface area (Å²) in [5, 5.41) is 9.97. The van der Waals surface area contributed by atoms with E-state index >= 15 is 0 Å². The summed E-state index contributed by atoms with van der Waals surface area (Å²) in [5.74, 6) is -0.494. The van der Waals surface area contributed by atoms with E-state index in [1.165, 1.54) is 5.56 Å². The van der Waals surface area contributed by atoms with Crippen LogP contribution in [0.1, 0.15) is 38.0 Å². The fraction of sp³-hybridized carbons (Fsp3) is 0.278. The number of benzene rings is 2. The van der Waals surface area contributed by atoms with Gasteiger partial charge in [0, 0.05) is 0 Å². The van der Waals surface area contributed by atoms with Crippen molar-refractivity contribution in [3.63, 3.8) is 0 Å². The third-order valence-corrected chi connectivity index (χ3v) is 3.44. The van der Waals surface area contributed by atoms with Crippen LogP contribution in [0.2, 0.25) is 0 Å². The lowest BCUT2D eigenvalue weighted by atomic mass is 9.87. The summed E-state index contributed by atoms with van der Waals surface area (Å²) in [6.45, 7) is 6.44. The topological polar surface area (TPSA) is 61.4 Å². The number of hydrogen-bond acceptors (Lipinski definition) is 3. The van der Waals surface area contributed by atoms with Crippen molar-refractivity contribution in [2.24, 2.45) is 0 Å². The Kier molecular flexibility index (Phi) is 4.83. The molecule has 0 saturated heterocycles. The van der Waals surface area contributed by atoms with E-state index < -0.39 is 12.0 Å². The molecule has 22 heavy (non-hydrogen) atoms. The van der Waals surface area contributed by atoms with E-state index in [0.29, 0.717) is 5.56 Å². The normalized spacial score (nSPS) is 12.5. The largest absolute Gasteiger partial charge is 0.378 e. The van der Waals surface area contributed by atoms with Crippen LogP contribution in [0.3, 0.4) is 0 Å². The van der Waals surface area contributed by atoms with Gasteiger partial charge >= 0.3 is 0 Å². The van der Waals surface area contributed by atoms with E-state index in [1.807, 2.05) is 30.3 Å². The number of carbonyl (C=O) groups is 1.